The van der Waals surface area contributed by atoms with Crippen LogP contribution in [-0.4, -0.2) is 28.9 Å². The minimum absolute atomic E-state index is 0.114. The number of amidine groups is 1. The van der Waals surface area contributed by atoms with E-state index in [1.807, 2.05) is 0 Å². The van der Waals surface area contributed by atoms with E-state index in [9.17, 15) is 22.7 Å². The average Bonchev–Trinajstić information content (AvgIpc) is 3.52. The Morgan fingerprint density at radius 1 is 1.27 bits per heavy atom. The molecule has 0 atom stereocenters. The average molecular weight is 428 g/mol. The third kappa shape index (κ3) is 3.04. The molecule has 2 aromatic heterocycles. The first-order valence-electron chi connectivity index (χ1n) is 9.46. The van der Waals surface area contributed by atoms with Gasteiger partial charge < -0.3 is 15.0 Å². The van der Waals surface area contributed by atoms with Crippen LogP contribution >= 0.6 is 0 Å². The Balaban J connectivity index is 1.75. The summed E-state index contributed by atoms with van der Waals surface area (Å²) in [5, 5.41) is 13.7. The van der Waals surface area contributed by atoms with E-state index in [2.05, 4.69) is 14.7 Å². The van der Waals surface area contributed by atoms with E-state index in [0.717, 1.165) is 31.5 Å². The maximum atomic E-state index is 13.9. The van der Waals surface area contributed by atoms with Crippen LogP contribution in [0.1, 0.15) is 24.8 Å². The van der Waals surface area contributed by atoms with E-state index >= 15 is 0 Å². The molecule has 1 fully saturated rings. The van der Waals surface area contributed by atoms with Gasteiger partial charge in [0.05, 0.1) is 11.2 Å². The van der Waals surface area contributed by atoms with Crippen molar-refractivity contribution in [1.82, 2.24) is 9.55 Å². The standard InChI is InChI=1S/C20H17FN4O4S/c21-12-3-4-15-13(9-12)18(26)17(20(27)25(15)8-6-11-1-2-11)19-23-14-5-7-22-10-16(14)30(28,29)24-19/h3-5,7,9-11,26H,1-2,6,8H2,(H,23,24). The van der Waals surface area contributed by atoms with Crippen LogP contribution in [0.25, 0.3) is 10.9 Å². The van der Waals surface area contributed by atoms with Gasteiger partial charge in [-0.25, -0.2) is 4.39 Å². The maximum Gasteiger partial charge on any atom is 0.287 e. The molecule has 1 aliphatic carbocycles. The number of hydrogen-bond acceptors (Lipinski definition) is 6. The van der Waals surface area contributed by atoms with Crippen LogP contribution in [0.5, 0.6) is 5.75 Å². The first kappa shape index (κ1) is 18.7. The van der Waals surface area contributed by atoms with Crippen molar-refractivity contribution in [2.24, 2.45) is 10.3 Å². The van der Waals surface area contributed by atoms with Crippen molar-refractivity contribution in [1.29, 1.82) is 0 Å². The molecule has 0 amide bonds. The molecule has 0 spiro atoms. The highest BCUT2D eigenvalue weighted by Crippen LogP contribution is 2.35. The number of benzene rings is 1. The summed E-state index contributed by atoms with van der Waals surface area (Å²) in [6, 6.07) is 5.22. The number of aromatic nitrogens is 2. The molecule has 1 aliphatic heterocycles. The fourth-order valence-electron chi connectivity index (χ4n) is 3.68. The van der Waals surface area contributed by atoms with Crippen molar-refractivity contribution in [3.05, 3.63) is 58.4 Å². The van der Waals surface area contributed by atoms with Gasteiger partial charge in [-0.3, -0.25) is 9.78 Å². The lowest BCUT2D eigenvalue weighted by Crippen LogP contribution is -2.33. The first-order chi connectivity index (χ1) is 14.3. The van der Waals surface area contributed by atoms with Crippen molar-refractivity contribution in [3.8, 4) is 5.75 Å². The highest BCUT2D eigenvalue weighted by molar-refractivity contribution is 7.90. The molecule has 30 heavy (non-hydrogen) atoms. The number of rotatable bonds is 4. The number of aromatic hydroxyl groups is 1. The van der Waals surface area contributed by atoms with Crippen molar-refractivity contribution in [2.45, 2.75) is 30.7 Å². The molecule has 1 aromatic carbocycles. The molecule has 8 nitrogen and oxygen atoms in total. The topological polar surface area (TPSA) is 114 Å². The summed E-state index contributed by atoms with van der Waals surface area (Å²) in [4.78, 5) is 17.0. The number of aryl methyl sites for hydroxylation is 1. The van der Waals surface area contributed by atoms with Crippen LogP contribution in [0.15, 0.2) is 50.7 Å². The van der Waals surface area contributed by atoms with Gasteiger partial charge in [-0.2, -0.15) is 8.42 Å². The highest BCUT2D eigenvalue weighted by Gasteiger charge is 2.30. The summed E-state index contributed by atoms with van der Waals surface area (Å²) in [6.07, 6.45) is 5.52. The van der Waals surface area contributed by atoms with Crippen LogP contribution in [0, 0.1) is 11.7 Å². The van der Waals surface area contributed by atoms with Gasteiger partial charge in [0.15, 0.2) is 5.84 Å². The zero-order chi connectivity index (χ0) is 21.0. The van der Waals surface area contributed by atoms with Gasteiger partial charge in [-0.1, -0.05) is 12.8 Å². The Kier molecular flexibility index (Phi) is 4.14. The summed E-state index contributed by atoms with van der Waals surface area (Å²) in [7, 11) is -4.13. The van der Waals surface area contributed by atoms with Crippen molar-refractivity contribution in [2.75, 3.05) is 5.32 Å². The largest absolute Gasteiger partial charge is 0.506 e. The summed E-state index contributed by atoms with van der Waals surface area (Å²) < 4.78 is 44.2. The fraction of sp³-hybridized carbons (Fsp3) is 0.250. The molecule has 0 bridgehead atoms. The number of nitrogens with zero attached hydrogens (tertiary/aromatic N) is 3. The molecule has 3 aromatic rings. The van der Waals surface area contributed by atoms with E-state index in [-0.39, 0.29) is 27.4 Å². The lowest BCUT2D eigenvalue weighted by Gasteiger charge is -2.20. The molecule has 0 unspecified atom stereocenters. The Labute approximate surface area is 170 Å². The summed E-state index contributed by atoms with van der Waals surface area (Å²) in [6.45, 7) is 0.374. The molecule has 0 radical (unpaired) electrons. The van der Waals surface area contributed by atoms with Gasteiger partial charge in [-0.05, 0) is 36.6 Å². The van der Waals surface area contributed by atoms with Crippen LogP contribution in [0.2, 0.25) is 0 Å². The zero-order valence-corrected chi connectivity index (χ0v) is 16.5. The third-order valence-electron chi connectivity index (χ3n) is 5.42. The second-order valence-corrected chi connectivity index (χ2v) is 9.06. The van der Waals surface area contributed by atoms with Gasteiger partial charge in [0.1, 0.15) is 22.0 Å². The molecule has 0 saturated heterocycles. The molecule has 1 saturated carbocycles. The zero-order valence-electron chi connectivity index (χ0n) is 15.7. The molecule has 154 valence electrons. The van der Waals surface area contributed by atoms with Gasteiger partial charge in [0.2, 0.25) is 0 Å². The lowest BCUT2D eigenvalue weighted by atomic mass is 10.1. The van der Waals surface area contributed by atoms with Gasteiger partial charge >= 0.3 is 0 Å². The molecule has 3 heterocycles. The maximum absolute atomic E-state index is 13.9. The van der Waals surface area contributed by atoms with Gasteiger partial charge in [0, 0.05) is 24.3 Å². The fourth-order valence-corrected chi connectivity index (χ4v) is 4.75. The molecule has 2 aliphatic rings. The second kappa shape index (κ2) is 6.63. The van der Waals surface area contributed by atoms with E-state index in [1.54, 1.807) is 0 Å². The predicted octanol–water partition coefficient (Wildman–Crippen LogP) is 2.60. The minimum Gasteiger partial charge on any atom is -0.506 e. The van der Waals surface area contributed by atoms with Crippen LogP contribution in [0.3, 0.4) is 0 Å². The van der Waals surface area contributed by atoms with E-state index < -0.39 is 27.1 Å². The van der Waals surface area contributed by atoms with E-state index in [1.165, 1.54) is 29.0 Å². The summed E-state index contributed by atoms with van der Waals surface area (Å²) in [5.74, 6) is -0.869. The summed E-state index contributed by atoms with van der Waals surface area (Å²) in [5.41, 5.74) is -0.328. The van der Waals surface area contributed by atoms with Crippen molar-refractivity contribution < 1.29 is 17.9 Å². The Hall–Kier alpha value is -3.27. The Morgan fingerprint density at radius 2 is 2.07 bits per heavy atom. The quantitative estimate of drug-likeness (QED) is 0.660. The highest BCUT2D eigenvalue weighted by atomic mass is 32.2. The molecule has 2 N–H and O–H groups in total. The predicted molar refractivity (Wildman–Crippen MR) is 109 cm³/mol. The van der Waals surface area contributed by atoms with Crippen molar-refractivity contribution >= 4 is 32.4 Å². The SMILES string of the molecule is O=c1c(C2=NS(=O)(=O)c3cnccc3N2)c(O)c2cc(F)ccc2n1CCC1CC1. The van der Waals surface area contributed by atoms with E-state index in [4.69, 9.17) is 0 Å². The Morgan fingerprint density at radius 3 is 2.83 bits per heavy atom. The molecule has 5 rings (SSSR count). The number of pyridine rings is 2. The number of fused-ring (bicyclic) bond motifs is 2. The van der Waals surface area contributed by atoms with Crippen molar-refractivity contribution in [3.63, 3.8) is 0 Å². The molecular formula is C20H17FN4O4S. The Bertz CT molecular complexity index is 1390. The number of sulfonamides is 1. The third-order valence-corrected chi connectivity index (χ3v) is 6.73. The molecule has 10 heteroatoms. The second-order valence-electron chi connectivity index (χ2n) is 7.49. The first-order valence-corrected chi connectivity index (χ1v) is 10.9. The lowest BCUT2D eigenvalue weighted by molar-refractivity contribution is 0.476. The van der Waals surface area contributed by atoms with Gasteiger partial charge in [-0.15, -0.1) is 4.40 Å². The van der Waals surface area contributed by atoms with Crippen LogP contribution < -0.4 is 10.9 Å². The molecular weight excluding hydrogens is 411 g/mol. The monoisotopic (exact) mass is 428 g/mol. The summed E-state index contributed by atoms with van der Waals surface area (Å²) >= 11 is 0. The number of halogens is 1. The normalized spacial score (nSPS) is 17.3. The van der Waals surface area contributed by atoms with Gasteiger partial charge in [0.25, 0.3) is 15.6 Å². The van der Waals surface area contributed by atoms with Crippen LogP contribution in [0.4, 0.5) is 10.1 Å². The number of anilines is 1. The van der Waals surface area contributed by atoms with E-state index in [0.29, 0.717) is 18.0 Å². The number of nitrogens with one attached hydrogen (secondary N) is 1. The number of hydrogen-bond donors (Lipinski definition) is 2. The van der Waals surface area contributed by atoms with Crippen LogP contribution in [-0.2, 0) is 16.6 Å². The minimum atomic E-state index is -4.13. The smallest absolute Gasteiger partial charge is 0.287 e.